The minimum absolute atomic E-state index is 0.118. The molecule has 1 unspecified atom stereocenters. The third kappa shape index (κ3) is 4.86. The second-order valence-corrected chi connectivity index (χ2v) is 8.40. The highest BCUT2D eigenvalue weighted by molar-refractivity contribution is 6.06. The third-order valence-corrected chi connectivity index (χ3v) is 6.33. The number of amides is 1. The molecule has 1 saturated carbocycles. The Kier molecular flexibility index (Phi) is 6.79. The summed E-state index contributed by atoms with van der Waals surface area (Å²) in [5.41, 5.74) is 3.20. The van der Waals surface area contributed by atoms with Crippen molar-refractivity contribution in [3.8, 4) is 0 Å². The molecular formula is C24H32N6O. The van der Waals surface area contributed by atoms with Crippen molar-refractivity contribution >= 4 is 22.6 Å². The van der Waals surface area contributed by atoms with Crippen LogP contribution in [0.1, 0.15) is 62.0 Å². The standard InChI is InChI=1S/C24H32N6O/c1-3-30-23-20(16-28-30)22(29-17(2)18-9-5-4-6-10-18)21(15-27-23)24(31)26-14-12-19-11-7-8-13-25-19/h7-8,11,13,15-18H,3-6,9-10,12,14H2,1-2H3,(H,26,31)(H,27,29). The number of carbonyl (C=O) groups excluding carboxylic acids is 1. The van der Waals surface area contributed by atoms with E-state index >= 15 is 0 Å². The van der Waals surface area contributed by atoms with Gasteiger partial charge in [0.2, 0.25) is 0 Å². The number of aromatic nitrogens is 4. The molecule has 0 spiro atoms. The number of anilines is 1. The van der Waals surface area contributed by atoms with Crippen LogP contribution in [0.2, 0.25) is 0 Å². The number of hydrogen-bond acceptors (Lipinski definition) is 5. The predicted molar refractivity (Wildman–Crippen MR) is 123 cm³/mol. The highest BCUT2D eigenvalue weighted by atomic mass is 16.1. The van der Waals surface area contributed by atoms with Gasteiger partial charge in [0.05, 0.1) is 22.8 Å². The van der Waals surface area contributed by atoms with Gasteiger partial charge in [-0.05, 0) is 44.7 Å². The van der Waals surface area contributed by atoms with Crippen LogP contribution in [0.5, 0.6) is 0 Å². The first-order valence-electron chi connectivity index (χ1n) is 11.5. The van der Waals surface area contributed by atoms with Crippen molar-refractivity contribution in [2.75, 3.05) is 11.9 Å². The van der Waals surface area contributed by atoms with Gasteiger partial charge in [-0.25, -0.2) is 9.67 Å². The van der Waals surface area contributed by atoms with E-state index in [1.807, 2.05) is 36.0 Å². The molecule has 4 rings (SSSR count). The Morgan fingerprint density at radius 3 is 2.77 bits per heavy atom. The summed E-state index contributed by atoms with van der Waals surface area (Å²) >= 11 is 0. The summed E-state index contributed by atoms with van der Waals surface area (Å²) in [6.45, 7) is 5.54. The van der Waals surface area contributed by atoms with Crippen LogP contribution in [0, 0.1) is 5.92 Å². The summed E-state index contributed by atoms with van der Waals surface area (Å²) in [5, 5.41) is 12.1. The zero-order valence-electron chi connectivity index (χ0n) is 18.5. The lowest BCUT2D eigenvalue weighted by atomic mass is 9.84. The molecule has 1 atom stereocenters. The van der Waals surface area contributed by atoms with E-state index in [9.17, 15) is 4.79 Å². The van der Waals surface area contributed by atoms with E-state index < -0.39 is 0 Å². The Morgan fingerprint density at radius 2 is 2.03 bits per heavy atom. The van der Waals surface area contributed by atoms with Gasteiger partial charge in [0.15, 0.2) is 5.65 Å². The summed E-state index contributed by atoms with van der Waals surface area (Å²) in [5.74, 6) is 0.506. The number of carbonyl (C=O) groups is 1. The summed E-state index contributed by atoms with van der Waals surface area (Å²) in [6.07, 6.45) is 12.4. The molecule has 0 saturated heterocycles. The van der Waals surface area contributed by atoms with Gasteiger partial charge in [-0.3, -0.25) is 9.78 Å². The molecule has 0 aliphatic heterocycles. The number of hydrogen-bond donors (Lipinski definition) is 2. The number of fused-ring (bicyclic) bond motifs is 1. The maximum Gasteiger partial charge on any atom is 0.254 e. The molecular weight excluding hydrogens is 388 g/mol. The van der Waals surface area contributed by atoms with Crippen LogP contribution in [0.4, 0.5) is 5.69 Å². The lowest BCUT2D eigenvalue weighted by molar-refractivity contribution is 0.0954. The first kappa shape index (κ1) is 21.3. The zero-order valence-corrected chi connectivity index (χ0v) is 18.5. The topological polar surface area (TPSA) is 84.7 Å². The van der Waals surface area contributed by atoms with E-state index in [1.54, 1.807) is 12.4 Å². The van der Waals surface area contributed by atoms with Gasteiger partial charge in [-0.15, -0.1) is 0 Å². The maximum absolute atomic E-state index is 13.1. The molecule has 0 bridgehead atoms. The van der Waals surface area contributed by atoms with Crippen LogP contribution >= 0.6 is 0 Å². The molecule has 1 fully saturated rings. The van der Waals surface area contributed by atoms with Crippen molar-refractivity contribution < 1.29 is 4.79 Å². The SMILES string of the molecule is CCn1ncc2c(NC(C)C3CCCCC3)c(C(=O)NCCc3ccccn3)cnc21. The lowest BCUT2D eigenvalue weighted by Gasteiger charge is -2.29. The highest BCUT2D eigenvalue weighted by Crippen LogP contribution is 2.32. The van der Waals surface area contributed by atoms with Crippen LogP contribution in [-0.4, -0.2) is 38.2 Å². The number of nitrogens with one attached hydrogen (secondary N) is 2. The van der Waals surface area contributed by atoms with Gasteiger partial charge < -0.3 is 10.6 Å². The lowest BCUT2D eigenvalue weighted by Crippen LogP contribution is -2.31. The molecule has 3 aromatic rings. The van der Waals surface area contributed by atoms with Crippen molar-refractivity contribution in [2.24, 2.45) is 5.92 Å². The van der Waals surface area contributed by atoms with Crippen LogP contribution < -0.4 is 10.6 Å². The van der Waals surface area contributed by atoms with Gasteiger partial charge in [-0.1, -0.05) is 25.3 Å². The van der Waals surface area contributed by atoms with E-state index in [-0.39, 0.29) is 11.9 Å². The summed E-state index contributed by atoms with van der Waals surface area (Å²) in [6, 6.07) is 6.11. The number of nitrogens with zero attached hydrogens (tertiary/aromatic N) is 4. The summed E-state index contributed by atoms with van der Waals surface area (Å²) in [7, 11) is 0. The Bertz CT molecular complexity index is 1010. The fourth-order valence-electron chi connectivity index (χ4n) is 4.51. The average molecular weight is 421 g/mol. The predicted octanol–water partition coefficient (Wildman–Crippen LogP) is 4.20. The Morgan fingerprint density at radius 1 is 1.19 bits per heavy atom. The quantitative estimate of drug-likeness (QED) is 0.570. The molecule has 164 valence electrons. The minimum atomic E-state index is -0.118. The van der Waals surface area contributed by atoms with Crippen LogP contribution in [0.25, 0.3) is 11.0 Å². The summed E-state index contributed by atoms with van der Waals surface area (Å²) < 4.78 is 1.87. The maximum atomic E-state index is 13.1. The van der Waals surface area contributed by atoms with Crippen molar-refractivity contribution in [3.63, 3.8) is 0 Å². The molecule has 7 heteroatoms. The normalized spacial score (nSPS) is 15.7. The van der Waals surface area contributed by atoms with E-state index in [0.717, 1.165) is 29.0 Å². The van der Waals surface area contributed by atoms with Crippen LogP contribution in [0.3, 0.4) is 0 Å². The first-order chi connectivity index (χ1) is 15.2. The molecule has 0 radical (unpaired) electrons. The van der Waals surface area contributed by atoms with Gasteiger partial charge in [0, 0.05) is 43.6 Å². The molecule has 1 aliphatic carbocycles. The van der Waals surface area contributed by atoms with Gasteiger partial charge in [0.25, 0.3) is 5.91 Å². The van der Waals surface area contributed by atoms with Crippen LogP contribution in [-0.2, 0) is 13.0 Å². The van der Waals surface area contributed by atoms with Crippen molar-refractivity contribution in [1.82, 2.24) is 25.1 Å². The van der Waals surface area contributed by atoms with Crippen molar-refractivity contribution in [1.29, 1.82) is 0 Å². The fraction of sp³-hybridized carbons (Fsp3) is 0.500. The number of pyridine rings is 2. The largest absolute Gasteiger partial charge is 0.381 e. The fourth-order valence-corrected chi connectivity index (χ4v) is 4.51. The number of rotatable bonds is 8. The molecule has 1 amide bonds. The average Bonchev–Trinajstić information content (AvgIpc) is 3.24. The second-order valence-electron chi connectivity index (χ2n) is 8.40. The smallest absolute Gasteiger partial charge is 0.254 e. The molecule has 7 nitrogen and oxygen atoms in total. The second kappa shape index (κ2) is 9.90. The zero-order chi connectivity index (χ0) is 21.6. The first-order valence-corrected chi connectivity index (χ1v) is 11.5. The third-order valence-electron chi connectivity index (χ3n) is 6.33. The number of aryl methyl sites for hydroxylation is 1. The van der Waals surface area contributed by atoms with Gasteiger partial charge >= 0.3 is 0 Å². The molecule has 0 aromatic carbocycles. The molecule has 3 aromatic heterocycles. The monoisotopic (exact) mass is 420 g/mol. The van der Waals surface area contributed by atoms with E-state index in [0.29, 0.717) is 24.4 Å². The van der Waals surface area contributed by atoms with Gasteiger partial charge in [0.1, 0.15) is 0 Å². The van der Waals surface area contributed by atoms with E-state index in [4.69, 9.17) is 0 Å². The molecule has 2 N–H and O–H groups in total. The van der Waals surface area contributed by atoms with Gasteiger partial charge in [-0.2, -0.15) is 5.10 Å². The molecule has 3 heterocycles. The van der Waals surface area contributed by atoms with Crippen LogP contribution in [0.15, 0.2) is 36.8 Å². The van der Waals surface area contributed by atoms with Crippen molar-refractivity contribution in [2.45, 2.75) is 65.0 Å². The Labute approximate surface area is 183 Å². The summed E-state index contributed by atoms with van der Waals surface area (Å²) in [4.78, 5) is 22.0. The Hall–Kier alpha value is -2.96. The minimum Gasteiger partial charge on any atom is -0.381 e. The van der Waals surface area contributed by atoms with E-state index in [1.165, 1.54) is 32.1 Å². The Balaban J connectivity index is 1.56. The van der Waals surface area contributed by atoms with E-state index in [2.05, 4.69) is 32.6 Å². The molecule has 1 aliphatic rings. The molecule has 31 heavy (non-hydrogen) atoms. The highest BCUT2D eigenvalue weighted by Gasteiger charge is 2.24. The van der Waals surface area contributed by atoms with Crippen molar-refractivity contribution in [3.05, 3.63) is 48.0 Å².